The van der Waals surface area contributed by atoms with Gasteiger partial charge >= 0.3 is 5.97 Å². The molecule has 1 aromatic heterocycles. The van der Waals surface area contributed by atoms with Gasteiger partial charge in [-0.15, -0.1) is 0 Å². The molecule has 1 aliphatic heterocycles. The van der Waals surface area contributed by atoms with Crippen LogP contribution in [0.1, 0.15) is 57.4 Å². The second-order valence-electron chi connectivity index (χ2n) is 6.54. The van der Waals surface area contributed by atoms with Crippen LogP contribution in [-0.2, 0) is 14.3 Å². The van der Waals surface area contributed by atoms with Gasteiger partial charge in [0.15, 0.2) is 5.78 Å². The molecule has 0 bridgehead atoms. The number of unbranched alkanes of at least 4 members (excludes halogenated alkanes) is 1. The molecule has 0 radical (unpaired) electrons. The highest BCUT2D eigenvalue weighted by molar-refractivity contribution is 6.03. The molecule has 5 nitrogen and oxygen atoms in total. The number of Topliss-reactive ketones (excluding diaryl/α,β-unsaturated/α-hetero) is 1. The third-order valence-electron chi connectivity index (χ3n) is 4.74. The summed E-state index contributed by atoms with van der Waals surface area (Å²) in [7, 11) is 0. The fraction of sp³-hybridized carbons (Fsp3) is 0.450. The molecule has 1 aromatic rings. The molecule has 2 aliphatic rings. The molecule has 5 heteroatoms. The van der Waals surface area contributed by atoms with E-state index in [9.17, 15) is 9.59 Å². The fourth-order valence-corrected chi connectivity index (χ4v) is 3.52. The lowest BCUT2D eigenvalue weighted by Gasteiger charge is -2.34. The third kappa shape index (κ3) is 3.50. The van der Waals surface area contributed by atoms with Crippen molar-refractivity contribution in [1.82, 2.24) is 10.3 Å². The minimum atomic E-state index is -0.396. The molecule has 25 heavy (non-hydrogen) atoms. The zero-order chi connectivity index (χ0) is 17.8. The first-order valence-corrected chi connectivity index (χ1v) is 8.94. The van der Waals surface area contributed by atoms with Gasteiger partial charge in [-0.1, -0.05) is 19.4 Å². The third-order valence-corrected chi connectivity index (χ3v) is 4.74. The largest absolute Gasteiger partial charge is 0.462 e. The van der Waals surface area contributed by atoms with E-state index in [-0.39, 0.29) is 11.8 Å². The van der Waals surface area contributed by atoms with Gasteiger partial charge in [-0.05, 0) is 37.8 Å². The van der Waals surface area contributed by atoms with Crippen molar-refractivity contribution in [2.24, 2.45) is 0 Å². The molecule has 1 atom stereocenters. The first-order valence-electron chi connectivity index (χ1n) is 8.94. The van der Waals surface area contributed by atoms with E-state index in [1.54, 1.807) is 12.4 Å². The molecule has 3 rings (SSSR count). The Bertz CT molecular complexity index is 735. The zero-order valence-corrected chi connectivity index (χ0v) is 14.8. The van der Waals surface area contributed by atoms with E-state index in [2.05, 4.69) is 17.2 Å². The van der Waals surface area contributed by atoms with E-state index < -0.39 is 5.92 Å². The van der Waals surface area contributed by atoms with Crippen LogP contribution in [-0.4, -0.2) is 23.3 Å². The van der Waals surface area contributed by atoms with Gasteiger partial charge in [0, 0.05) is 41.7 Å². The number of ether oxygens (including phenoxy) is 1. The van der Waals surface area contributed by atoms with Crippen LogP contribution in [0.5, 0.6) is 0 Å². The van der Waals surface area contributed by atoms with Crippen LogP contribution in [0.3, 0.4) is 0 Å². The quantitative estimate of drug-likeness (QED) is 0.657. The number of carbonyl (C=O) groups is 2. The van der Waals surface area contributed by atoms with Crippen molar-refractivity contribution in [1.29, 1.82) is 0 Å². The molecule has 0 saturated carbocycles. The topological polar surface area (TPSA) is 68.3 Å². The number of hydrogen-bond donors (Lipinski definition) is 1. The lowest BCUT2D eigenvalue weighted by molar-refractivity contribution is -0.139. The highest BCUT2D eigenvalue weighted by atomic mass is 16.5. The number of allylic oxidation sites excluding steroid dienone is 3. The number of carbonyl (C=O) groups excluding carboxylic acids is 2. The van der Waals surface area contributed by atoms with Crippen molar-refractivity contribution in [3.63, 3.8) is 0 Å². The van der Waals surface area contributed by atoms with Crippen LogP contribution in [0, 0.1) is 0 Å². The molecule has 1 aliphatic carbocycles. The van der Waals surface area contributed by atoms with Crippen LogP contribution in [0.15, 0.2) is 47.1 Å². The lowest BCUT2D eigenvalue weighted by atomic mass is 9.75. The maximum Gasteiger partial charge on any atom is 0.336 e. The Morgan fingerprint density at radius 3 is 2.96 bits per heavy atom. The number of nitrogens with one attached hydrogen (secondary N) is 1. The van der Waals surface area contributed by atoms with Crippen LogP contribution < -0.4 is 5.32 Å². The van der Waals surface area contributed by atoms with Crippen molar-refractivity contribution in [3.8, 4) is 0 Å². The van der Waals surface area contributed by atoms with Gasteiger partial charge in [0.2, 0.25) is 0 Å². The van der Waals surface area contributed by atoms with Gasteiger partial charge in [0.1, 0.15) is 0 Å². The van der Waals surface area contributed by atoms with E-state index in [0.717, 1.165) is 42.6 Å². The maximum atomic E-state index is 12.8. The molecule has 0 fully saturated rings. The van der Waals surface area contributed by atoms with Crippen molar-refractivity contribution >= 4 is 11.8 Å². The average molecular weight is 340 g/mol. The number of aromatic nitrogens is 1. The molecule has 0 aromatic carbocycles. The van der Waals surface area contributed by atoms with Gasteiger partial charge in [-0.3, -0.25) is 9.78 Å². The number of nitrogens with zero attached hydrogens (tertiary/aromatic N) is 1. The highest BCUT2D eigenvalue weighted by Gasteiger charge is 2.39. The Balaban J connectivity index is 2.02. The SMILES string of the molecule is CCCCOC(=O)C1=C(C)NC2=C(C(=O)CCC2)[C@H]1c1cccnc1. The summed E-state index contributed by atoms with van der Waals surface area (Å²) in [6, 6.07) is 3.75. The van der Waals surface area contributed by atoms with Crippen LogP contribution in [0.25, 0.3) is 0 Å². The summed E-state index contributed by atoms with van der Waals surface area (Å²) < 4.78 is 5.47. The first kappa shape index (κ1) is 17.4. The first-order chi connectivity index (χ1) is 12.1. The van der Waals surface area contributed by atoms with E-state index in [4.69, 9.17) is 4.74 Å². The Hall–Kier alpha value is -2.43. The van der Waals surface area contributed by atoms with Crippen molar-refractivity contribution in [2.45, 2.75) is 51.9 Å². The summed E-state index contributed by atoms with van der Waals surface area (Å²) in [5.41, 5.74) is 3.79. The second-order valence-corrected chi connectivity index (χ2v) is 6.54. The van der Waals surface area contributed by atoms with E-state index in [1.807, 2.05) is 19.1 Å². The number of dihydropyridines is 1. The summed E-state index contributed by atoms with van der Waals surface area (Å²) in [4.78, 5) is 29.6. The number of ketones is 1. The summed E-state index contributed by atoms with van der Waals surface area (Å²) in [6.45, 7) is 4.32. The van der Waals surface area contributed by atoms with Gasteiger partial charge in [-0.2, -0.15) is 0 Å². The molecule has 1 N–H and O–H groups in total. The summed E-state index contributed by atoms with van der Waals surface area (Å²) >= 11 is 0. The Kier molecular flexibility index (Phi) is 5.31. The normalized spacial score (nSPS) is 20.2. The standard InChI is InChI=1S/C20H24N2O3/c1-3-4-11-25-20(24)17-13(2)22-15-8-5-9-16(23)19(15)18(17)14-7-6-10-21-12-14/h6-7,10,12,18,22H,3-5,8-9,11H2,1-2H3/t18-/m0/s1. The summed E-state index contributed by atoms with van der Waals surface area (Å²) in [5, 5.41) is 3.29. The molecule has 2 heterocycles. The number of esters is 1. The summed E-state index contributed by atoms with van der Waals surface area (Å²) in [5.74, 6) is -0.641. The lowest BCUT2D eigenvalue weighted by Crippen LogP contribution is -2.34. The Morgan fingerprint density at radius 2 is 2.24 bits per heavy atom. The second kappa shape index (κ2) is 7.64. The number of pyridine rings is 1. The van der Waals surface area contributed by atoms with E-state index in [0.29, 0.717) is 24.2 Å². The van der Waals surface area contributed by atoms with E-state index in [1.165, 1.54) is 0 Å². The molecule has 132 valence electrons. The number of rotatable bonds is 5. The van der Waals surface area contributed by atoms with Crippen LogP contribution in [0.2, 0.25) is 0 Å². The van der Waals surface area contributed by atoms with Crippen molar-refractivity contribution < 1.29 is 14.3 Å². The van der Waals surface area contributed by atoms with Crippen molar-refractivity contribution in [2.75, 3.05) is 6.61 Å². The average Bonchev–Trinajstić information content (AvgIpc) is 2.61. The van der Waals surface area contributed by atoms with Crippen LogP contribution >= 0.6 is 0 Å². The van der Waals surface area contributed by atoms with Crippen LogP contribution in [0.4, 0.5) is 0 Å². The van der Waals surface area contributed by atoms with Crippen molar-refractivity contribution in [3.05, 3.63) is 52.6 Å². The number of hydrogen-bond acceptors (Lipinski definition) is 5. The minimum Gasteiger partial charge on any atom is -0.462 e. The zero-order valence-electron chi connectivity index (χ0n) is 14.8. The fourth-order valence-electron chi connectivity index (χ4n) is 3.52. The molecular weight excluding hydrogens is 316 g/mol. The summed E-state index contributed by atoms with van der Waals surface area (Å²) in [6.07, 6.45) is 7.41. The molecule has 0 unspecified atom stereocenters. The van der Waals surface area contributed by atoms with Gasteiger partial charge in [0.05, 0.1) is 12.2 Å². The monoisotopic (exact) mass is 340 g/mol. The smallest absolute Gasteiger partial charge is 0.336 e. The predicted molar refractivity (Wildman–Crippen MR) is 94.6 cm³/mol. The predicted octanol–water partition coefficient (Wildman–Crippen LogP) is 3.39. The highest BCUT2D eigenvalue weighted by Crippen LogP contribution is 2.42. The molecule has 0 amide bonds. The minimum absolute atomic E-state index is 0.106. The van der Waals surface area contributed by atoms with Gasteiger partial charge in [0.25, 0.3) is 0 Å². The Morgan fingerprint density at radius 1 is 1.40 bits per heavy atom. The maximum absolute atomic E-state index is 12.8. The van der Waals surface area contributed by atoms with Gasteiger partial charge < -0.3 is 10.1 Å². The Labute approximate surface area is 148 Å². The molecule has 0 spiro atoms. The molecular formula is C20H24N2O3. The molecule has 0 saturated heterocycles. The van der Waals surface area contributed by atoms with Gasteiger partial charge in [-0.25, -0.2) is 4.79 Å². The van der Waals surface area contributed by atoms with E-state index >= 15 is 0 Å².